The van der Waals surface area contributed by atoms with Gasteiger partial charge in [0.25, 0.3) is 0 Å². The van der Waals surface area contributed by atoms with Gasteiger partial charge < -0.3 is 10.6 Å². The first-order chi connectivity index (χ1) is 13.0. The number of rotatable bonds is 6. The maximum Gasteiger partial charge on any atom is 0.236 e. The number of aliphatic imine (C=N–C) groups is 1. The highest BCUT2D eigenvalue weighted by atomic mass is 127. The number of nitrogens with zero attached hydrogens (tertiary/aromatic N) is 2. The summed E-state index contributed by atoms with van der Waals surface area (Å²) in [5, 5.41) is 6.39. The second kappa shape index (κ2) is 10.1. The minimum atomic E-state index is -3.37. The summed E-state index contributed by atoms with van der Waals surface area (Å²) in [6.45, 7) is 2.85. The minimum Gasteiger partial charge on any atom is -0.355 e. The van der Waals surface area contributed by atoms with Crippen molar-refractivity contribution in [3.05, 3.63) is 65.7 Å². The van der Waals surface area contributed by atoms with Crippen molar-refractivity contribution in [3.8, 4) is 0 Å². The van der Waals surface area contributed by atoms with E-state index in [0.717, 1.165) is 23.2 Å². The Kier molecular flexibility index (Phi) is 8.11. The van der Waals surface area contributed by atoms with E-state index in [4.69, 9.17) is 0 Å². The van der Waals surface area contributed by atoms with Crippen molar-refractivity contribution in [2.24, 2.45) is 4.99 Å². The maximum atomic E-state index is 12.7. The lowest BCUT2D eigenvalue weighted by Gasteiger charge is -2.21. The van der Waals surface area contributed by atoms with Crippen LogP contribution in [0.2, 0.25) is 0 Å². The molecule has 0 saturated carbocycles. The van der Waals surface area contributed by atoms with Crippen LogP contribution in [0.25, 0.3) is 0 Å². The van der Waals surface area contributed by atoms with Gasteiger partial charge in [-0.15, -0.1) is 24.0 Å². The fourth-order valence-electron chi connectivity index (χ4n) is 3.23. The van der Waals surface area contributed by atoms with Gasteiger partial charge in [0.05, 0.1) is 17.5 Å². The lowest BCUT2D eigenvalue weighted by molar-refractivity contribution is 0.590. The van der Waals surface area contributed by atoms with E-state index in [-0.39, 0.29) is 35.8 Å². The second-order valence-electron chi connectivity index (χ2n) is 6.54. The average molecular weight is 514 g/mol. The lowest BCUT2D eigenvalue weighted by Crippen LogP contribution is -2.42. The largest absolute Gasteiger partial charge is 0.355 e. The number of nitrogens with one attached hydrogen (secondary N) is 2. The maximum absolute atomic E-state index is 12.7. The van der Waals surface area contributed by atoms with Gasteiger partial charge in [0, 0.05) is 20.1 Å². The third kappa shape index (κ3) is 5.38. The Morgan fingerprint density at radius 2 is 1.82 bits per heavy atom. The Morgan fingerprint density at radius 1 is 1.14 bits per heavy atom. The molecule has 0 spiro atoms. The fourth-order valence-corrected chi connectivity index (χ4v) is 4.66. The van der Waals surface area contributed by atoms with Gasteiger partial charge in [0.15, 0.2) is 5.96 Å². The number of para-hydroxylation sites is 1. The van der Waals surface area contributed by atoms with Crippen molar-refractivity contribution in [1.82, 2.24) is 10.6 Å². The summed E-state index contributed by atoms with van der Waals surface area (Å²) in [7, 11) is -1.69. The number of anilines is 1. The normalized spacial score (nSPS) is 14.8. The number of guanidine groups is 1. The fraction of sp³-hybridized carbons (Fsp3) is 0.350. The van der Waals surface area contributed by atoms with Gasteiger partial charge in [-0.1, -0.05) is 48.5 Å². The molecule has 0 aliphatic carbocycles. The molecule has 1 aliphatic rings. The first-order valence-corrected chi connectivity index (χ1v) is 10.7. The summed E-state index contributed by atoms with van der Waals surface area (Å²) in [4.78, 5) is 4.19. The van der Waals surface area contributed by atoms with Crippen LogP contribution >= 0.6 is 24.0 Å². The van der Waals surface area contributed by atoms with Gasteiger partial charge in [0.2, 0.25) is 10.0 Å². The Morgan fingerprint density at radius 3 is 2.54 bits per heavy atom. The van der Waals surface area contributed by atoms with Gasteiger partial charge in [-0.3, -0.25) is 9.30 Å². The smallest absolute Gasteiger partial charge is 0.236 e. The van der Waals surface area contributed by atoms with Crippen LogP contribution in [0.5, 0.6) is 0 Å². The van der Waals surface area contributed by atoms with Crippen LogP contribution in [0.15, 0.2) is 59.6 Å². The van der Waals surface area contributed by atoms with Crippen LogP contribution in [0.3, 0.4) is 0 Å². The van der Waals surface area contributed by atoms with E-state index in [1.54, 1.807) is 7.05 Å². The van der Waals surface area contributed by atoms with E-state index >= 15 is 0 Å². The number of fused-ring (bicyclic) bond motifs is 1. The summed E-state index contributed by atoms with van der Waals surface area (Å²) in [5.74, 6) is 0.602. The summed E-state index contributed by atoms with van der Waals surface area (Å²) in [6, 6.07) is 17.8. The summed E-state index contributed by atoms with van der Waals surface area (Å²) in [6.07, 6.45) is 0.765. The van der Waals surface area contributed by atoms with Crippen LogP contribution in [0.4, 0.5) is 5.69 Å². The number of sulfonamides is 1. The van der Waals surface area contributed by atoms with Crippen LogP contribution in [0.1, 0.15) is 24.1 Å². The number of halogens is 1. The van der Waals surface area contributed by atoms with Crippen molar-refractivity contribution in [2.75, 3.05) is 30.2 Å². The van der Waals surface area contributed by atoms with Crippen LogP contribution in [-0.4, -0.2) is 40.3 Å². The molecular formula is C20H27IN4O2S. The van der Waals surface area contributed by atoms with E-state index in [9.17, 15) is 8.42 Å². The van der Waals surface area contributed by atoms with Crippen molar-refractivity contribution >= 4 is 45.6 Å². The van der Waals surface area contributed by atoms with Crippen LogP contribution in [-0.2, 0) is 16.4 Å². The van der Waals surface area contributed by atoms with Gasteiger partial charge in [-0.05, 0) is 30.5 Å². The van der Waals surface area contributed by atoms with Gasteiger partial charge in [-0.2, -0.15) is 0 Å². The minimum absolute atomic E-state index is 0. The Hall–Kier alpha value is -1.81. The van der Waals surface area contributed by atoms with Crippen molar-refractivity contribution in [3.63, 3.8) is 0 Å². The standard InChI is InChI=1S/C20H26N4O2S.HI/c1-16(17-8-4-3-5-9-17)23-20(21-2)22-13-15-27(25,26)24-14-12-18-10-6-7-11-19(18)24;/h3-11,16H,12-15H2,1-2H3,(H2,21,22,23);1H. The van der Waals surface area contributed by atoms with E-state index in [2.05, 4.69) is 15.6 Å². The number of hydrogen-bond donors (Lipinski definition) is 2. The molecule has 2 aromatic carbocycles. The molecule has 1 unspecified atom stereocenters. The highest BCUT2D eigenvalue weighted by Gasteiger charge is 2.28. The average Bonchev–Trinajstić information content (AvgIpc) is 3.13. The molecule has 2 aromatic rings. The van der Waals surface area contributed by atoms with Crippen molar-refractivity contribution < 1.29 is 8.42 Å². The van der Waals surface area contributed by atoms with E-state index in [1.165, 1.54) is 4.31 Å². The van der Waals surface area contributed by atoms with Gasteiger partial charge >= 0.3 is 0 Å². The second-order valence-corrected chi connectivity index (χ2v) is 8.56. The summed E-state index contributed by atoms with van der Waals surface area (Å²) in [5.41, 5.74) is 3.03. The number of hydrogen-bond acceptors (Lipinski definition) is 3. The predicted octanol–water partition coefficient (Wildman–Crippen LogP) is 2.92. The Bertz CT molecular complexity index is 903. The third-order valence-electron chi connectivity index (χ3n) is 4.71. The molecule has 0 amide bonds. The topological polar surface area (TPSA) is 73.8 Å². The summed E-state index contributed by atoms with van der Waals surface area (Å²) < 4.78 is 27.0. The molecule has 3 rings (SSSR count). The molecule has 0 radical (unpaired) electrons. The molecule has 1 atom stereocenters. The quantitative estimate of drug-likeness (QED) is 0.353. The van der Waals surface area contributed by atoms with Gasteiger partial charge in [0.1, 0.15) is 0 Å². The van der Waals surface area contributed by atoms with E-state index in [1.807, 2.05) is 61.5 Å². The Balaban J connectivity index is 0.00000280. The highest BCUT2D eigenvalue weighted by Crippen LogP contribution is 2.29. The van der Waals surface area contributed by atoms with Crippen molar-refractivity contribution in [1.29, 1.82) is 0 Å². The van der Waals surface area contributed by atoms with E-state index < -0.39 is 10.0 Å². The molecule has 8 heteroatoms. The van der Waals surface area contributed by atoms with E-state index in [0.29, 0.717) is 19.0 Å². The molecule has 0 fully saturated rings. The molecule has 0 aromatic heterocycles. The SMILES string of the molecule is CN=C(NCCS(=O)(=O)N1CCc2ccccc21)NC(C)c1ccccc1.I. The zero-order chi connectivity index (χ0) is 19.3. The molecule has 28 heavy (non-hydrogen) atoms. The lowest BCUT2D eigenvalue weighted by atomic mass is 10.1. The van der Waals surface area contributed by atoms with Crippen LogP contribution in [0, 0.1) is 0 Å². The molecule has 2 N–H and O–H groups in total. The monoisotopic (exact) mass is 514 g/mol. The zero-order valence-corrected chi connectivity index (χ0v) is 19.3. The first kappa shape index (κ1) is 22.5. The molecule has 0 bridgehead atoms. The summed E-state index contributed by atoms with van der Waals surface area (Å²) >= 11 is 0. The molecule has 1 aliphatic heterocycles. The van der Waals surface area contributed by atoms with Crippen molar-refractivity contribution in [2.45, 2.75) is 19.4 Å². The predicted molar refractivity (Wildman–Crippen MR) is 126 cm³/mol. The highest BCUT2D eigenvalue weighted by molar-refractivity contribution is 14.0. The molecule has 0 saturated heterocycles. The molecular weight excluding hydrogens is 487 g/mol. The first-order valence-electron chi connectivity index (χ1n) is 9.12. The zero-order valence-electron chi connectivity index (χ0n) is 16.1. The Labute approximate surface area is 184 Å². The number of benzene rings is 2. The molecule has 152 valence electrons. The van der Waals surface area contributed by atoms with Crippen LogP contribution < -0.4 is 14.9 Å². The molecule has 1 heterocycles. The third-order valence-corrected chi connectivity index (χ3v) is 6.48. The molecule has 6 nitrogen and oxygen atoms in total. The van der Waals surface area contributed by atoms with Gasteiger partial charge in [-0.25, -0.2) is 8.42 Å².